The molecule has 0 aliphatic heterocycles. The molecule has 3 aromatic carbocycles. The highest BCUT2D eigenvalue weighted by Gasteiger charge is 2.17. The predicted octanol–water partition coefficient (Wildman–Crippen LogP) is 4.85. The Morgan fingerprint density at radius 2 is 1.80 bits per heavy atom. The first-order valence-electron chi connectivity index (χ1n) is 10.1. The lowest BCUT2D eigenvalue weighted by Gasteiger charge is -2.06. The van der Waals surface area contributed by atoms with E-state index in [1.807, 2.05) is 31.3 Å². The molecule has 5 rings (SSSR count). The number of para-hydroxylation sites is 3. The van der Waals surface area contributed by atoms with Gasteiger partial charge in [-0.05, 0) is 55.1 Å². The van der Waals surface area contributed by atoms with Crippen LogP contribution in [0.15, 0.2) is 71.9 Å². The van der Waals surface area contributed by atoms with Gasteiger partial charge in [0, 0.05) is 34.0 Å². The van der Waals surface area contributed by atoms with Crippen molar-refractivity contribution in [1.29, 1.82) is 0 Å². The number of benzene rings is 3. The number of imidazole rings is 1. The first-order valence-corrected chi connectivity index (χ1v) is 11.0. The number of aromatic amines is 1. The Hall–Kier alpha value is -3.25. The van der Waals surface area contributed by atoms with Gasteiger partial charge in [-0.2, -0.15) is 0 Å². The molecule has 30 heavy (non-hydrogen) atoms. The summed E-state index contributed by atoms with van der Waals surface area (Å²) in [4.78, 5) is 16.0. The van der Waals surface area contributed by atoms with Gasteiger partial charge in [0.1, 0.15) is 0 Å². The van der Waals surface area contributed by atoms with E-state index in [1.165, 1.54) is 33.6 Å². The summed E-state index contributed by atoms with van der Waals surface area (Å²) in [5, 5.41) is 6.40. The van der Waals surface area contributed by atoms with Crippen molar-refractivity contribution in [1.82, 2.24) is 9.55 Å². The summed E-state index contributed by atoms with van der Waals surface area (Å²) >= 11 is 1.51. The van der Waals surface area contributed by atoms with E-state index < -0.39 is 0 Å². The molecule has 1 amide bonds. The summed E-state index contributed by atoms with van der Waals surface area (Å²) in [5.74, 6) is 0.326. The fourth-order valence-corrected chi connectivity index (χ4v) is 4.93. The summed E-state index contributed by atoms with van der Waals surface area (Å²) < 4.78 is 4.39. The maximum Gasteiger partial charge on any atom is 0.317 e. The van der Waals surface area contributed by atoms with Crippen molar-refractivity contribution < 1.29 is 9.36 Å². The lowest BCUT2D eigenvalue weighted by molar-refractivity contribution is -0.683. The molecule has 0 unspecified atom stereocenters. The molecule has 0 bridgehead atoms. The Balaban J connectivity index is 1.36. The Morgan fingerprint density at radius 3 is 2.63 bits per heavy atom. The largest absolute Gasteiger partial charge is 0.341 e. The molecule has 0 spiro atoms. The van der Waals surface area contributed by atoms with Crippen LogP contribution in [0.3, 0.4) is 0 Å². The zero-order valence-corrected chi connectivity index (χ0v) is 17.8. The molecule has 6 heteroatoms. The average Bonchev–Trinajstić information content (AvgIpc) is 3.26. The van der Waals surface area contributed by atoms with Crippen LogP contribution in [-0.2, 0) is 18.4 Å². The molecule has 0 saturated heterocycles. The number of anilines is 1. The second-order valence-corrected chi connectivity index (χ2v) is 8.30. The standard InChI is InChI=1S/C24H22N4OS/c1-3-28-20-10-6-4-8-17(20)18-14-16(12-13-21(18)28)25-23(29)15-30-24-26-19-9-5-7-11-22(19)27(24)2/h4-14H,3,15H2,1-2H3,(H,25,29)/p+1. The Bertz CT molecular complexity index is 1400. The maximum absolute atomic E-state index is 12.6. The van der Waals surface area contributed by atoms with Crippen LogP contribution < -0.4 is 9.88 Å². The second kappa shape index (κ2) is 7.54. The van der Waals surface area contributed by atoms with Crippen molar-refractivity contribution in [2.24, 2.45) is 7.05 Å². The van der Waals surface area contributed by atoms with Gasteiger partial charge in [-0.15, -0.1) is 0 Å². The first kappa shape index (κ1) is 18.8. The number of fused-ring (bicyclic) bond motifs is 4. The first-order chi connectivity index (χ1) is 14.7. The third kappa shape index (κ3) is 3.13. The van der Waals surface area contributed by atoms with E-state index >= 15 is 0 Å². The van der Waals surface area contributed by atoms with E-state index in [4.69, 9.17) is 0 Å². The molecule has 0 aliphatic carbocycles. The molecule has 0 fully saturated rings. The summed E-state index contributed by atoms with van der Waals surface area (Å²) in [6.45, 7) is 3.07. The quantitative estimate of drug-likeness (QED) is 0.318. The third-order valence-corrected chi connectivity index (χ3v) is 6.58. The average molecular weight is 416 g/mol. The summed E-state index contributed by atoms with van der Waals surface area (Å²) in [6, 6.07) is 22.7. The Kier molecular flexibility index (Phi) is 4.71. The number of aryl methyl sites for hydroxylation is 2. The smallest absolute Gasteiger partial charge is 0.317 e. The minimum absolute atomic E-state index is 0.0164. The van der Waals surface area contributed by atoms with Gasteiger partial charge < -0.3 is 9.88 Å². The number of nitrogens with one attached hydrogen (secondary N) is 2. The molecule has 150 valence electrons. The maximum atomic E-state index is 12.6. The summed E-state index contributed by atoms with van der Waals surface area (Å²) in [6.07, 6.45) is 0. The van der Waals surface area contributed by atoms with E-state index in [2.05, 4.69) is 68.8 Å². The van der Waals surface area contributed by atoms with E-state index in [1.54, 1.807) is 0 Å². The summed E-state index contributed by atoms with van der Waals surface area (Å²) in [5.41, 5.74) is 5.43. The van der Waals surface area contributed by atoms with Crippen LogP contribution in [0.5, 0.6) is 0 Å². The zero-order valence-electron chi connectivity index (χ0n) is 17.0. The number of H-pyrrole nitrogens is 1. The molecule has 2 aromatic heterocycles. The number of carbonyl (C=O) groups is 1. The number of amides is 1. The van der Waals surface area contributed by atoms with Crippen LogP contribution in [0.2, 0.25) is 0 Å². The Morgan fingerprint density at radius 1 is 1.03 bits per heavy atom. The van der Waals surface area contributed by atoms with Crippen LogP contribution in [0.25, 0.3) is 32.8 Å². The monoisotopic (exact) mass is 415 g/mol. The van der Waals surface area contributed by atoms with Crippen molar-refractivity contribution in [3.8, 4) is 0 Å². The van der Waals surface area contributed by atoms with Crippen LogP contribution in [-0.4, -0.2) is 21.2 Å². The zero-order chi connectivity index (χ0) is 20.7. The lowest BCUT2D eigenvalue weighted by Crippen LogP contribution is -2.29. The van der Waals surface area contributed by atoms with E-state index in [0.717, 1.165) is 28.4 Å². The molecule has 2 N–H and O–H groups in total. The van der Waals surface area contributed by atoms with Crippen LogP contribution in [0.1, 0.15) is 6.92 Å². The Labute approximate surface area is 178 Å². The molecule has 5 nitrogen and oxygen atoms in total. The second-order valence-electron chi connectivity index (χ2n) is 7.34. The molecule has 0 atom stereocenters. The minimum atomic E-state index is -0.0164. The van der Waals surface area contributed by atoms with Gasteiger partial charge in [-0.25, -0.2) is 9.55 Å². The van der Waals surface area contributed by atoms with Gasteiger partial charge in [0.15, 0.2) is 11.0 Å². The van der Waals surface area contributed by atoms with E-state index in [-0.39, 0.29) is 5.91 Å². The van der Waals surface area contributed by atoms with Crippen LogP contribution >= 0.6 is 11.8 Å². The lowest BCUT2D eigenvalue weighted by atomic mass is 10.1. The van der Waals surface area contributed by atoms with Gasteiger partial charge in [0.25, 0.3) is 0 Å². The number of hydrogen-bond acceptors (Lipinski definition) is 2. The topological polar surface area (TPSA) is 53.7 Å². The van der Waals surface area contributed by atoms with Gasteiger partial charge >= 0.3 is 5.16 Å². The normalized spacial score (nSPS) is 11.5. The van der Waals surface area contributed by atoms with Crippen molar-refractivity contribution >= 4 is 56.2 Å². The van der Waals surface area contributed by atoms with Gasteiger partial charge in [-0.3, -0.25) is 4.79 Å². The number of thioether (sulfide) groups is 1. The van der Waals surface area contributed by atoms with Crippen molar-refractivity contribution in [3.05, 3.63) is 66.7 Å². The molecule has 0 aliphatic rings. The minimum Gasteiger partial charge on any atom is -0.341 e. The van der Waals surface area contributed by atoms with Gasteiger partial charge in [-0.1, -0.05) is 30.3 Å². The molecule has 0 saturated carbocycles. The molecule has 0 radical (unpaired) electrons. The number of hydrogen-bond donors (Lipinski definition) is 2. The fourth-order valence-electron chi connectivity index (χ4n) is 4.12. The highest BCUT2D eigenvalue weighted by molar-refractivity contribution is 7.99. The molecular weight excluding hydrogens is 392 g/mol. The highest BCUT2D eigenvalue weighted by Crippen LogP contribution is 2.31. The number of carbonyl (C=O) groups excluding carboxylic acids is 1. The fraction of sp³-hybridized carbons (Fsp3) is 0.167. The van der Waals surface area contributed by atoms with Crippen LogP contribution in [0.4, 0.5) is 5.69 Å². The molecule has 5 aromatic rings. The van der Waals surface area contributed by atoms with Crippen molar-refractivity contribution in [2.45, 2.75) is 18.6 Å². The number of rotatable bonds is 5. The third-order valence-electron chi connectivity index (χ3n) is 5.52. The molecular formula is C24H23N4OS+. The highest BCUT2D eigenvalue weighted by atomic mass is 32.2. The van der Waals surface area contributed by atoms with Crippen molar-refractivity contribution in [3.63, 3.8) is 0 Å². The number of aromatic nitrogens is 3. The number of nitrogens with zero attached hydrogens (tertiary/aromatic N) is 2. The predicted molar refractivity (Wildman–Crippen MR) is 124 cm³/mol. The van der Waals surface area contributed by atoms with Crippen LogP contribution in [0, 0.1) is 0 Å². The SMILES string of the molecule is CCn1c2ccccc2c2cc(NC(=O)CSc3[nH]c4ccccc4[n+]3C)ccc21. The summed E-state index contributed by atoms with van der Waals surface area (Å²) in [7, 11) is 2.01. The van der Waals surface area contributed by atoms with E-state index in [0.29, 0.717) is 5.75 Å². The van der Waals surface area contributed by atoms with Gasteiger partial charge in [0.2, 0.25) is 5.91 Å². The van der Waals surface area contributed by atoms with E-state index in [9.17, 15) is 4.79 Å². The van der Waals surface area contributed by atoms with Gasteiger partial charge in [0.05, 0.1) is 12.8 Å². The van der Waals surface area contributed by atoms with Crippen molar-refractivity contribution in [2.75, 3.05) is 11.1 Å². The molecule has 2 heterocycles.